The summed E-state index contributed by atoms with van der Waals surface area (Å²) < 4.78 is 53.0. The number of hydrogen-bond donors (Lipinski definition) is 0. The van der Waals surface area contributed by atoms with E-state index in [0.717, 1.165) is 16.2 Å². The Bertz CT molecular complexity index is 1340. The Morgan fingerprint density at radius 3 is 2.58 bits per heavy atom. The number of alkyl halides is 3. The third-order valence-corrected chi connectivity index (χ3v) is 5.92. The second-order valence-electron chi connectivity index (χ2n) is 7.85. The van der Waals surface area contributed by atoms with Gasteiger partial charge >= 0.3 is 6.18 Å². The molecular formula is C23H17F3N4O3. The van der Waals surface area contributed by atoms with Crippen molar-refractivity contribution in [1.82, 2.24) is 14.3 Å². The van der Waals surface area contributed by atoms with Gasteiger partial charge < -0.3 is 13.7 Å². The zero-order valence-electron chi connectivity index (χ0n) is 17.2. The second kappa shape index (κ2) is 7.85. The standard InChI is InChI=1S/C23H17F3N4O3/c24-23(25,26)17-10-16(15-5-9-32-13-15)12-30-18(11-27)20(28-21(17)30)22(31)29-6-3-14(4-7-29)19-2-1-8-33-19/h1-2,5,8-10,12-14H,3-4,6-7H2. The average Bonchev–Trinajstić information content (AvgIpc) is 3.58. The van der Waals surface area contributed by atoms with Gasteiger partial charge in [-0.25, -0.2) is 4.98 Å². The lowest BCUT2D eigenvalue weighted by atomic mass is 9.94. The van der Waals surface area contributed by atoms with Gasteiger partial charge in [0.15, 0.2) is 17.0 Å². The number of carbonyl (C=O) groups excluding carboxylic acids is 1. The van der Waals surface area contributed by atoms with E-state index in [4.69, 9.17) is 8.83 Å². The van der Waals surface area contributed by atoms with Gasteiger partial charge in [-0.2, -0.15) is 18.4 Å². The summed E-state index contributed by atoms with van der Waals surface area (Å²) >= 11 is 0. The molecule has 168 valence electrons. The lowest BCUT2D eigenvalue weighted by Crippen LogP contribution is -2.38. The number of pyridine rings is 1. The summed E-state index contributed by atoms with van der Waals surface area (Å²) in [6.07, 6.45) is 2.16. The van der Waals surface area contributed by atoms with Gasteiger partial charge in [-0.1, -0.05) is 0 Å². The van der Waals surface area contributed by atoms with Crippen LogP contribution in [0.3, 0.4) is 0 Å². The highest BCUT2D eigenvalue weighted by atomic mass is 19.4. The van der Waals surface area contributed by atoms with Gasteiger partial charge in [-0.05, 0) is 37.1 Å². The number of imidazole rings is 1. The van der Waals surface area contributed by atoms with Crippen LogP contribution < -0.4 is 0 Å². The van der Waals surface area contributed by atoms with Crippen molar-refractivity contribution < 1.29 is 26.8 Å². The average molecular weight is 454 g/mol. The Morgan fingerprint density at radius 2 is 1.97 bits per heavy atom. The molecule has 33 heavy (non-hydrogen) atoms. The Morgan fingerprint density at radius 1 is 1.18 bits per heavy atom. The zero-order chi connectivity index (χ0) is 23.2. The minimum absolute atomic E-state index is 0.162. The van der Waals surface area contributed by atoms with E-state index < -0.39 is 23.3 Å². The molecule has 1 amide bonds. The number of furan rings is 2. The number of hydrogen-bond acceptors (Lipinski definition) is 5. The number of rotatable bonds is 3. The number of aromatic nitrogens is 2. The van der Waals surface area contributed by atoms with E-state index >= 15 is 0 Å². The highest BCUT2D eigenvalue weighted by Crippen LogP contribution is 2.36. The second-order valence-corrected chi connectivity index (χ2v) is 7.85. The molecule has 0 N–H and O–H groups in total. The first-order chi connectivity index (χ1) is 15.9. The monoisotopic (exact) mass is 454 g/mol. The zero-order valence-corrected chi connectivity index (χ0v) is 17.2. The van der Waals surface area contributed by atoms with Crippen LogP contribution in [-0.2, 0) is 6.18 Å². The molecule has 0 bridgehead atoms. The van der Waals surface area contributed by atoms with E-state index in [9.17, 15) is 23.2 Å². The molecule has 10 heteroatoms. The van der Waals surface area contributed by atoms with Crippen molar-refractivity contribution in [3.05, 3.63) is 72.0 Å². The molecule has 1 fully saturated rings. The summed E-state index contributed by atoms with van der Waals surface area (Å²) in [6, 6.07) is 8.01. The topological polar surface area (TPSA) is 87.7 Å². The van der Waals surface area contributed by atoms with Crippen LogP contribution in [-0.4, -0.2) is 33.3 Å². The van der Waals surface area contributed by atoms with Crippen molar-refractivity contribution in [3.63, 3.8) is 0 Å². The fourth-order valence-electron chi connectivity index (χ4n) is 4.24. The SMILES string of the molecule is N#Cc1c(C(=O)N2CCC(c3ccco3)CC2)nc2c(C(F)(F)F)cc(-c3ccoc3)cn12. The van der Waals surface area contributed by atoms with Crippen LogP contribution in [0.15, 0.2) is 58.1 Å². The summed E-state index contributed by atoms with van der Waals surface area (Å²) in [5, 5.41) is 9.74. The quantitative estimate of drug-likeness (QED) is 0.430. The summed E-state index contributed by atoms with van der Waals surface area (Å²) in [4.78, 5) is 18.7. The van der Waals surface area contributed by atoms with Crippen LogP contribution in [0.1, 0.15) is 46.3 Å². The van der Waals surface area contributed by atoms with Crippen molar-refractivity contribution in [2.45, 2.75) is 24.9 Å². The van der Waals surface area contributed by atoms with Gasteiger partial charge in [-0.15, -0.1) is 0 Å². The molecule has 0 unspecified atom stereocenters. The molecule has 1 saturated heterocycles. The Kier molecular flexibility index (Phi) is 4.96. The number of nitrogens with zero attached hydrogens (tertiary/aromatic N) is 4. The van der Waals surface area contributed by atoms with Gasteiger partial charge in [0, 0.05) is 36.3 Å². The van der Waals surface area contributed by atoms with E-state index in [1.54, 1.807) is 12.3 Å². The predicted octanol–water partition coefficient (Wildman–Crippen LogP) is 5.10. The molecule has 4 aromatic rings. The summed E-state index contributed by atoms with van der Waals surface area (Å²) in [7, 11) is 0. The fourth-order valence-corrected chi connectivity index (χ4v) is 4.24. The molecule has 0 radical (unpaired) electrons. The molecule has 0 spiro atoms. The van der Waals surface area contributed by atoms with Gasteiger partial charge in [0.2, 0.25) is 0 Å². The van der Waals surface area contributed by atoms with Crippen LogP contribution in [0.5, 0.6) is 0 Å². The molecular weight excluding hydrogens is 437 g/mol. The Hall–Kier alpha value is -4.00. The van der Waals surface area contributed by atoms with Gasteiger partial charge in [0.05, 0.1) is 24.4 Å². The van der Waals surface area contributed by atoms with Gasteiger partial charge in [-0.3, -0.25) is 9.20 Å². The minimum Gasteiger partial charge on any atom is -0.472 e. The molecule has 1 aliphatic rings. The molecule has 0 aliphatic carbocycles. The van der Waals surface area contributed by atoms with Crippen molar-refractivity contribution >= 4 is 11.6 Å². The van der Waals surface area contributed by atoms with Crippen molar-refractivity contribution in [1.29, 1.82) is 5.26 Å². The molecule has 0 aromatic carbocycles. The Labute approximate surface area is 185 Å². The van der Waals surface area contributed by atoms with Crippen molar-refractivity contribution in [2.75, 3.05) is 13.1 Å². The highest BCUT2D eigenvalue weighted by molar-refractivity contribution is 5.95. The molecule has 7 nitrogen and oxygen atoms in total. The van der Waals surface area contributed by atoms with E-state index in [1.165, 1.54) is 29.7 Å². The number of amides is 1. The number of halogens is 3. The number of piperidine rings is 1. The highest BCUT2D eigenvalue weighted by Gasteiger charge is 2.37. The van der Waals surface area contributed by atoms with Crippen LogP contribution in [0, 0.1) is 11.3 Å². The van der Waals surface area contributed by atoms with E-state index in [2.05, 4.69) is 4.98 Å². The summed E-state index contributed by atoms with van der Waals surface area (Å²) in [5.41, 5.74) is -1.44. The first-order valence-electron chi connectivity index (χ1n) is 10.3. The first-order valence-corrected chi connectivity index (χ1v) is 10.3. The van der Waals surface area contributed by atoms with E-state index in [1.807, 2.05) is 12.1 Å². The molecule has 0 saturated carbocycles. The maximum atomic E-state index is 13.9. The van der Waals surface area contributed by atoms with E-state index in [-0.39, 0.29) is 22.9 Å². The maximum absolute atomic E-state index is 13.9. The van der Waals surface area contributed by atoms with E-state index in [0.29, 0.717) is 31.5 Å². The van der Waals surface area contributed by atoms with Crippen LogP contribution in [0.25, 0.3) is 16.8 Å². The number of fused-ring (bicyclic) bond motifs is 1. The molecule has 4 aromatic heterocycles. The van der Waals surface area contributed by atoms with Gasteiger partial charge in [0.25, 0.3) is 5.91 Å². The smallest absolute Gasteiger partial charge is 0.420 e. The predicted molar refractivity (Wildman–Crippen MR) is 109 cm³/mol. The van der Waals surface area contributed by atoms with Crippen LogP contribution in [0.4, 0.5) is 13.2 Å². The third kappa shape index (κ3) is 3.65. The maximum Gasteiger partial charge on any atom is 0.420 e. The lowest BCUT2D eigenvalue weighted by molar-refractivity contribution is -0.136. The number of nitriles is 1. The third-order valence-electron chi connectivity index (χ3n) is 5.92. The molecule has 1 aliphatic heterocycles. The van der Waals surface area contributed by atoms with Crippen LogP contribution in [0.2, 0.25) is 0 Å². The fraction of sp³-hybridized carbons (Fsp3) is 0.261. The van der Waals surface area contributed by atoms with Crippen molar-refractivity contribution in [3.8, 4) is 17.2 Å². The summed E-state index contributed by atoms with van der Waals surface area (Å²) in [5.74, 6) is 0.440. The molecule has 5 rings (SSSR count). The van der Waals surface area contributed by atoms with Gasteiger partial charge in [0.1, 0.15) is 11.8 Å². The normalized spacial score (nSPS) is 15.2. The number of carbonyl (C=O) groups is 1. The molecule has 0 atom stereocenters. The first kappa shape index (κ1) is 20.9. The number of likely N-dealkylation sites (tertiary alicyclic amines) is 1. The van der Waals surface area contributed by atoms with Crippen molar-refractivity contribution in [2.24, 2.45) is 0 Å². The Balaban J connectivity index is 1.54. The molecule has 5 heterocycles. The van der Waals surface area contributed by atoms with Crippen LogP contribution >= 0.6 is 0 Å². The largest absolute Gasteiger partial charge is 0.472 e. The summed E-state index contributed by atoms with van der Waals surface area (Å²) in [6.45, 7) is 0.769. The minimum atomic E-state index is -4.74. The lowest BCUT2D eigenvalue weighted by Gasteiger charge is -2.30.